The van der Waals surface area contributed by atoms with Gasteiger partial charge < -0.3 is 4.52 Å². The standard InChI is InChI=1S/C9H17N3O2S/c1-7(6-15(4)13)12(3)5-9-10-8(2)11-14-9/h7H,5-6H2,1-4H3. The molecule has 1 aromatic heterocycles. The van der Waals surface area contributed by atoms with Crippen LogP contribution in [0, 0.1) is 6.92 Å². The van der Waals surface area contributed by atoms with Crippen LogP contribution in [-0.2, 0) is 17.3 Å². The molecule has 0 fully saturated rings. The Hall–Kier alpha value is -0.750. The minimum atomic E-state index is -0.777. The third-order valence-electron chi connectivity index (χ3n) is 2.18. The molecule has 0 aliphatic heterocycles. The highest BCUT2D eigenvalue weighted by Gasteiger charge is 2.14. The monoisotopic (exact) mass is 231 g/mol. The van der Waals surface area contributed by atoms with Gasteiger partial charge in [-0.3, -0.25) is 9.11 Å². The molecule has 86 valence electrons. The lowest BCUT2D eigenvalue weighted by molar-refractivity contribution is 0.228. The van der Waals surface area contributed by atoms with Gasteiger partial charge in [-0.15, -0.1) is 0 Å². The lowest BCUT2D eigenvalue weighted by Crippen LogP contribution is -2.33. The van der Waals surface area contributed by atoms with Gasteiger partial charge in [0.05, 0.1) is 6.54 Å². The molecule has 0 saturated heterocycles. The molecule has 0 amide bonds. The number of rotatable bonds is 5. The molecule has 0 aliphatic carbocycles. The highest BCUT2D eigenvalue weighted by atomic mass is 32.2. The van der Waals surface area contributed by atoms with E-state index in [-0.39, 0.29) is 6.04 Å². The summed E-state index contributed by atoms with van der Waals surface area (Å²) in [4.78, 5) is 6.17. The van der Waals surface area contributed by atoms with Crippen LogP contribution in [-0.4, -0.2) is 44.3 Å². The van der Waals surface area contributed by atoms with Gasteiger partial charge in [0.2, 0.25) is 5.89 Å². The van der Waals surface area contributed by atoms with Gasteiger partial charge in [-0.05, 0) is 20.9 Å². The molecule has 0 N–H and O–H groups in total. The fourth-order valence-corrected chi connectivity index (χ4v) is 2.17. The van der Waals surface area contributed by atoms with Crippen LogP contribution in [0.2, 0.25) is 0 Å². The minimum absolute atomic E-state index is 0.239. The molecule has 0 radical (unpaired) electrons. The molecule has 0 spiro atoms. The maximum Gasteiger partial charge on any atom is 0.240 e. The van der Waals surface area contributed by atoms with E-state index < -0.39 is 10.8 Å². The van der Waals surface area contributed by atoms with Crippen molar-refractivity contribution in [3.63, 3.8) is 0 Å². The van der Waals surface area contributed by atoms with Crippen molar-refractivity contribution in [2.24, 2.45) is 0 Å². The fraction of sp³-hybridized carbons (Fsp3) is 0.778. The van der Waals surface area contributed by atoms with Crippen molar-refractivity contribution in [3.8, 4) is 0 Å². The van der Waals surface area contributed by atoms with E-state index in [4.69, 9.17) is 4.52 Å². The summed E-state index contributed by atoms with van der Waals surface area (Å²) in [5.74, 6) is 1.90. The molecule has 0 aromatic carbocycles. The van der Waals surface area contributed by atoms with Crippen LogP contribution < -0.4 is 0 Å². The average Bonchev–Trinajstić information content (AvgIpc) is 2.50. The smallest absolute Gasteiger partial charge is 0.240 e. The van der Waals surface area contributed by atoms with Crippen LogP contribution in [0.5, 0.6) is 0 Å². The first-order chi connectivity index (χ1) is 6.99. The summed E-state index contributed by atoms with van der Waals surface area (Å²) in [6, 6.07) is 0.239. The first-order valence-electron chi connectivity index (χ1n) is 4.78. The second-order valence-corrected chi connectivity index (χ2v) is 5.22. The van der Waals surface area contributed by atoms with Crippen LogP contribution in [0.15, 0.2) is 4.52 Å². The average molecular weight is 231 g/mol. The molecule has 15 heavy (non-hydrogen) atoms. The van der Waals surface area contributed by atoms with Crippen LogP contribution in [0.4, 0.5) is 0 Å². The molecule has 2 unspecified atom stereocenters. The molecular formula is C9H17N3O2S. The number of hydrogen-bond donors (Lipinski definition) is 0. The highest BCUT2D eigenvalue weighted by Crippen LogP contribution is 2.04. The SMILES string of the molecule is Cc1noc(CN(C)C(C)CS(C)=O)n1. The summed E-state index contributed by atoms with van der Waals surface area (Å²) in [7, 11) is 1.18. The predicted molar refractivity (Wildman–Crippen MR) is 58.9 cm³/mol. The largest absolute Gasteiger partial charge is 0.338 e. The van der Waals surface area contributed by atoms with E-state index in [0.717, 1.165) is 0 Å². The van der Waals surface area contributed by atoms with E-state index in [1.807, 2.05) is 18.9 Å². The predicted octanol–water partition coefficient (Wildman–Crippen LogP) is 0.577. The van der Waals surface area contributed by atoms with E-state index >= 15 is 0 Å². The maximum atomic E-state index is 11.0. The van der Waals surface area contributed by atoms with E-state index in [9.17, 15) is 4.21 Å². The molecule has 0 aliphatic rings. The Kier molecular flexibility index (Phi) is 4.41. The quantitative estimate of drug-likeness (QED) is 0.741. The van der Waals surface area contributed by atoms with Gasteiger partial charge in [-0.2, -0.15) is 4.98 Å². The van der Waals surface area contributed by atoms with Crippen LogP contribution in [0.1, 0.15) is 18.6 Å². The molecule has 1 aromatic rings. The second-order valence-electron chi connectivity index (χ2n) is 3.74. The fourth-order valence-electron chi connectivity index (χ4n) is 1.24. The van der Waals surface area contributed by atoms with Gasteiger partial charge in [0, 0.05) is 28.9 Å². The zero-order valence-electron chi connectivity index (χ0n) is 9.56. The lowest BCUT2D eigenvalue weighted by atomic mass is 10.3. The van der Waals surface area contributed by atoms with Gasteiger partial charge in [0.1, 0.15) is 0 Å². The van der Waals surface area contributed by atoms with E-state index in [1.165, 1.54) is 0 Å². The first kappa shape index (κ1) is 12.3. The zero-order valence-corrected chi connectivity index (χ0v) is 10.4. The van der Waals surface area contributed by atoms with E-state index in [0.29, 0.717) is 24.0 Å². The number of aromatic nitrogens is 2. The minimum Gasteiger partial charge on any atom is -0.338 e. The summed E-state index contributed by atoms with van der Waals surface area (Å²) < 4.78 is 16.1. The van der Waals surface area contributed by atoms with Crippen LogP contribution in [0.3, 0.4) is 0 Å². The topological polar surface area (TPSA) is 59.2 Å². The van der Waals surface area contributed by atoms with Crippen LogP contribution in [0.25, 0.3) is 0 Å². The second kappa shape index (κ2) is 5.37. The number of hydrogen-bond acceptors (Lipinski definition) is 5. The summed E-state index contributed by atoms with van der Waals surface area (Å²) in [5.41, 5.74) is 0. The van der Waals surface area contributed by atoms with Crippen molar-refractivity contribution in [3.05, 3.63) is 11.7 Å². The Labute approximate surface area is 92.3 Å². The van der Waals surface area contributed by atoms with Crippen molar-refractivity contribution in [1.29, 1.82) is 0 Å². The Morgan fingerprint density at radius 2 is 2.27 bits per heavy atom. The van der Waals surface area contributed by atoms with Crippen molar-refractivity contribution in [2.75, 3.05) is 19.1 Å². The maximum absolute atomic E-state index is 11.0. The molecule has 1 rings (SSSR count). The Morgan fingerprint density at radius 1 is 1.60 bits per heavy atom. The van der Waals surface area contributed by atoms with Crippen LogP contribution >= 0.6 is 0 Å². The normalized spacial score (nSPS) is 15.5. The molecular weight excluding hydrogens is 214 g/mol. The van der Waals surface area contributed by atoms with Gasteiger partial charge in [-0.1, -0.05) is 5.16 Å². The Bertz CT molecular complexity index is 340. The Balaban J connectivity index is 2.47. The Morgan fingerprint density at radius 3 is 2.73 bits per heavy atom. The molecule has 5 nitrogen and oxygen atoms in total. The van der Waals surface area contributed by atoms with Gasteiger partial charge in [0.15, 0.2) is 5.82 Å². The van der Waals surface area contributed by atoms with Crippen molar-refractivity contribution in [1.82, 2.24) is 15.0 Å². The molecule has 2 atom stereocenters. The number of nitrogens with zero attached hydrogens (tertiary/aromatic N) is 3. The summed E-state index contributed by atoms with van der Waals surface area (Å²) in [6.07, 6.45) is 1.71. The number of aryl methyl sites for hydroxylation is 1. The third-order valence-corrected chi connectivity index (χ3v) is 3.13. The summed E-state index contributed by atoms with van der Waals surface area (Å²) in [5, 5.41) is 3.72. The van der Waals surface area contributed by atoms with Gasteiger partial charge in [-0.25, -0.2) is 0 Å². The van der Waals surface area contributed by atoms with Crippen molar-refractivity contribution in [2.45, 2.75) is 26.4 Å². The molecule has 1 heterocycles. The van der Waals surface area contributed by atoms with Crippen molar-refractivity contribution >= 4 is 10.8 Å². The summed E-state index contributed by atoms with van der Waals surface area (Å²) >= 11 is 0. The van der Waals surface area contributed by atoms with Gasteiger partial charge in [0.25, 0.3) is 0 Å². The highest BCUT2D eigenvalue weighted by molar-refractivity contribution is 7.84. The molecule has 0 bridgehead atoms. The zero-order chi connectivity index (χ0) is 11.4. The van der Waals surface area contributed by atoms with Gasteiger partial charge >= 0.3 is 0 Å². The molecule has 6 heteroatoms. The molecule has 0 saturated carbocycles. The third kappa shape index (κ3) is 4.09. The summed E-state index contributed by atoms with van der Waals surface area (Å²) in [6.45, 7) is 4.42. The van der Waals surface area contributed by atoms with E-state index in [1.54, 1.807) is 13.2 Å². The lowest BCUT2D eigenvalue weighted by Gasteiger charge is -2.21. The van der Waals surface area contributed by atoms with Crippen molar-refractivity contribution < 1.29 is 8.73 Å². The first-order valence-corrected chi connectivity index (χ1v) is 6.51. The van der Waals surface area contributed by atoms with E-state index in [2.05, 4.69) is 10.1 Å².